The van der Waals surface area contributed by atoms with Crippen molar-refractivity contribution < 1.29 is 9.53 Å². The number of ether oxygens (including phenoxy) is 1. The van der Waals surface area contributed by atoms with Crippen LogP contribution in [0.5, 0.6) is 5.88 Å². The molecule has 1 aliphatic carbocycles. The van der Waals surface area contributed by atoms with Gasteiger partial charge in [-0.2, -0.15) is 0 Å². The average Bonchev–Trinajstić information content (AvgIpc) is 2.33. The summed E-state index contributed by atoms with van der Waals surface area (Å²) in [6.07, 6.45) is 7.19. The second kappa shape index (κ2) is 4.86. The quantitative estimate of drug-likeness (QED) is 0.752. The highest BCUT2D eigenvalue weighted by Gasteiger charge is 2.27. The van der Waals surface area contributed by atoms with Gasteiger partial charge in [0.05, 0.1) is 0 Å². The van der Waals surface area contributed by atoms with Crippen LogP contribution < -0.4 is 4.74 Å². The minimum absolute atomic E-state index is 0.276. The summed E-state index contributed by atoms with van der Waals surface area (Å²) in [6.45, 7) is 4.61. The highest BCUT2D eigenvalue weighted by Crippen LogP contribution is 2.36. The Hall–Kier alpha value is -1.38. The summed E-state index contributed by atoms with van der Waals surface area (Å²) in [5.41, 5.74) is 1.04. The number of hydrogen-bond acceptors (Lipinski definition) is 3. The van der Waals surface area contributed by atoms with Gasteiger partial charge in [-0.15, -0.1) is 0 Å². The number of carbonyl (C=O) groups is 1. The Morgan fingerprint density at radius 2 is 2.06 bits per heavy atom. The molecule has 0 bridgehead atoms. The van der Waals surface area contributed by atoms with Gasteiger partial charge >= 0.3 is 0 Å². The topological polar surface area (TPSA) is 39.2 Å². The number of pyridine rings is 1. The summed E-state index contributed by atoms with van der Waals surface area (Å²) >= 11 is 0. The summed E-state index contributed by atoms with van der Waals surface area (Å²) in [5, 5.41) is 0. The molecule has 1 saturated carbocycles. The maximum absolute atomic E-state index is 10.5. The molecule has 0 aliphatic heterocycles. The van der Waals surface area contributed by atoms with E-state index < -0.39 is 0 Å². The summed E-state index contributed by atoms with van der Waals surface area (Å²) < 4.78 is 5.82. The summed E-state index contributed by atoms with van der Waals surface area (Å²) in [4.78, 5) is 14.6. The Balaban J connectivity index is 1.91. The molecule has 0 saturated heterocycles. The fraction of sp³-hybridized carbons (Fsp3) is 0.571. The van der Waals surface area contributed by atoms with Gasteiger partial charge in [0.1, 0.15) is 6.10 Å². The number of hydrogen-bond donors (Lipinski definition) is 0. The van der Waals surface area contributed by atoms with Gasteiger partial charge in [0.15, 0.2) is 6.29 Å². The van der Waals surface area contributed by atoms with Gasteiger partial charge in [-0.3, -0.25) is 4.79 Å². The smallest absolute Gasteiger partial charge is 0.213 e. The van der Waals surface area contributed by atoms with Crippen LogP contribution in [0.25, 0.3) is 0 Å². The van der Waals surface area contributed by atoms with Crippen LogP contribution in [0.1, 0.15) is 49.9 Å². The van der Waals surface area contributed by atoms with Crippen LogP contribution in [0.2, 0.25) is 0 Å². The van der Waals surface area contributed by atoms with Gasteiger partial charge in [0.2, 0.25) is 5.88 Å². The molecule has 92 valence electrons. The largest absolute Gasteiger partial charge is 0.474 e. The molecule has 1 aromatic rings. The van der Waals surface area contributed by atoms with E-state index in [0.717, 1.165) is 19.1 Å². The standard InChI is InChI=1S/C14H19NO2/c1-14(2)7-5-12(6-8-14)17-13-4-3-11(10-16)9-15-13/h3-4,9-10,12H,5-8H2,1-2H3. The molecule has 0 aromatic carbocycles. The van der Waals surface area contributed by atoms with E-state index in [0.29, 0.717) is 16.9 Å². The van der Waals surface area contributed by atoms with Crippen molar-refractivity contribution >= 4 is 6.29 Å². The molecule has 1 aromatic heterocycles. The molecule has 0 spiro atoms. The predicted molar refractivity (Wildman–Crippen MR) is 66.3 cm³/mol. The zero-order valence-electron chi connectivity index (χ0n) is 10.5. The molecule has 2 rings (SSSR count). The summed E-state index contributed by atoms with van der Waals surface area (Å²) in [7, 11) is 0. The normalized spacial score (nSPS) is 19.9. The van der Waals surface area contributed by atoms with Crippen molar-refractivity contribution in [2.24, 2.45) is 5.41 Å². The Kier molecular flexibility index (Phi) is 3.46. The van der Waals surface area contributed by atoms with Crippen LogP contribution >= 0.6 is 0 Å². The third-order valence-corrected chi connectivity index (χ3v) is 3.47. The van der Waals surface area contributed by atoms with E-state index in [2.05, 4.69) is 18.8 Å². The lowest BCUT2D eigenvalue weighted by atomic mass is 9.76. The van der Waals surface area contributed by atoms with Gasteiger partial charge in [-0.25, -0.2) is 4.98 Å². The molecule has 0 radical (unpaired) electrons. The van der Waals surface area contributed by atoms with E-state index >= 15 is 0 Å². The third-order valence-electron chi connectivity index (χ3n) is 3.47. The third kappa shape index (κ3) is 3.29. The molecule has 1 heterocycles. The van der Waals surface area contributed by atoms with Crippen molar-refractivity contribution in [3.8, 4) is 5.88 Å². The van der Waals surface area contributed by atoms with Crippen molar-refractivity contribution in [3.63, 3.8) is 0 Å². The monoisotopic (exact) mass is 233 g/mol. The van der Waals surface area contributed by atoms with E-state index in [1.54, 1.807) is 18.3 Å². The maximum atomic E-state index is 10.5. The zero-order valence-corrected chi connectivity index (χ0v) is 10.5. The maximum Gasteiger partial charge on any atom is 0.213 e. The van der Waals surface area contributed by atoms with E-state index in [1.165, 1.54) is 12.8 Å². The Labute approximate surface area is 102 Å². The van der Waals surface area contributed by atoms with Crippen molar-refractivity contribution in [3.05, 3.63) is 23.9 Å². The Morgan fingerprint density at radius 3 is 2.59 bits per heavy atom. The van der Waals surface area contributed by atoms with Gasteiger partial charge in [0.25, 0.3) is 0 Å². The summed E-state index contributed by atoms with van der Waals surface area (Å²) in [5.74, 6) is 0.625. The molecule has 3 heteroatoms. The molecule has 0 unspecified atom stereocenters. The molecule has 0 amide bonds. The highest BCUT2D eigenvalue weighted by molar-refractivity contribution is 5.73. The van der Waals surface area contributed by atoms with Gasteiger partial charge in [-0.1, -0.05) is 13.8 Å². The van der Waals surface area contributed by atoms with Crippen LogP contribution in [-0.4, -0.2) is 17.4 Å². The first-order valence-corrected chi connectivity index (χ1v) is 6.17. The number of rotatable bonds is 3. The number of aldehydes is 1. The van der Waals surface area contributed by atoms with Crippen LogP contribution in [0, 0.1) is 5.41 Å². The number of aromatic nitrogens is 1. The van der Waals surface area contributed by atoms with Gasteiger partial charge in [0, 0.05) is 17.8 Å². The minimum Gasteiger partial charge on any atom is -0.474 e. The fourth-order valence-electron chi connectivity index (χ4n) is 2.19. The first kappa shape index (κ1) is 12.1. The van der Waals surface area contributed by atoms with Crippen molar-refractivity contribution in [2.75, 3.05) is 0 Å². The van der Waals surface area contributed by atoms with Gasteiger partial charge in [-0.05, 0) is 37.2 Å². The Bertz CT molecular complexity index is 374. The van der Waals surface area contributed by atoms with Crippen LogP contribution in [0.3, 0.4) is 0 Å². The lowest BCUT2D eigenvalue weighted by molar-refractivity contribution is 0.0948. The van der Waals surface area contributed by atoms with Crippen LogP contribution in [0.15, 0.2) is 18.3 Å². The number of carbonyl (C=O) groups excluding carboxylic acids is 1. The SMILES string of the molecule is CC1(C)CCC(Oc2ccc(C=O)cn2)CC1. The van der Waals surface area contributed by atoms with E-state index in [9.17, 15) is 4.79 Å². The molecular formula is C14H19NO2. The van der Waals surface area contributed by atoms with Crippen molar-refractivity contribution in [1.29, 1.82) is 0 Å². The van der Waals surface area contributed by atoms with E-state index in [1.807, 2.05) is 0 Å². The zero-order chi connectivity index (χ0) is 12.3. The molecule has 17 heavy (non-hydrogen) atoms. The van der Waals surface area contributed by atoms with E-state index in [-0.39, 0.29) is 6.10 Å². The lowest BCUT2D eigenvalue weighted by Crippen LogP contribution is -2.28. The van der Waals surface area contributed by atoms with Gasteiger partial charge < -0.3 is 4.74 Å². The molecular weight excluding hydrogens is 214 g/mol. The first-order chi connectivity index (χ1) is 8.09. The predicted octanol–water partition coefficient (Wildman–Crippen LogP) is 3.24. The fourth-order valence-corrected chi connectivity index (χ4v) is 2.19. The van der Waals surface area contributed by atoms with E-state index in [4.69, 9.17) is 4.74 Å². The summed E-state index contributed by atoms with van der Waals surface area (Å²) in [6, 6.07) is 3.51. The van der Waals surface area contributed by atoms with Crippen molar-refractivity contribution in [1.82, 2.24) is 4.98 Å². The van der Waals surface area contributed by atoms with Crippen LogP contribution in [-0.2, 0) is 0 Å². The molecule has 1 fully saturated rings. The number of nitrogens with zero attached hydrogens (tertiary/aromatic N) is 1. The molecule has 0 N–H and O–H groups in total. The minimum atomic E-state index is 0.276. The molecule has 3 nitrogen and oxygen atoms in total. The average molecular weight is 233 g/mol. The second-order valence-electron chi connectivity index (χ2n) is 5.53. The lowest BCUT2D eigenvalue weighted by Gasteiger charge is -2.34. The first-order valence-electron chi connectivity index (χ1n) is 6.17. The molecule has 0 atom stereocenters. The molecule has 1 aliphatic rings. The Morgan fingerprint density at radius 1 is 1.35 bits per heavy atom. The van der Waals surface area contributed by atoms with Crippen LogP contribution in [0.4, 0.5) is 0 Å². The second-order valence-corrected chi connectivity index (χ2v) is 5.53. The highest BCUT2D eigenvalue weighted by atomic mass is 16.5. The van der Waals surface area contributed by atoms with Crippen molar-refractivity contribution in [2.45, 2.75) is 45.6 Å².